The number of anilines is 1. The van der Waals surface area contributed by atoms with Crippen molar-refractivity contribution in [1.82, 2.24) is 5.32 Å². The number of hydrogen-bond acceptors (Lipinski definition) is 3. The summed E-state index contributed by atoms with van der Waals surface area (Å²) in [6.07, 6.45) is 0. The predicted octanol–water partition coefficient (Wildman–Crippen LogP) is 2.70. The molecule has 1 aromatic rings. The minimum absolute atomic E-state index is 0.0336. The molecule has 19 heavy (non-hydrogen) atoms. The van der Waals surface area contributed by atoms with Crippen molar-refractivity contribution in [2.24, 2.45) is 5.92 Å². The van der Waals surface area contributed by atoms with E-state index in [0.717, 1.165) is 0 Å². The van der Waals surface area contributed by atoms with Gasteiger partial charge in [0.1, 0.15) is 0 Å². The summed E-state index contributed by atoms with van der Waals surface area (Å²) in [4.78, 5) is 23.1. The number of carbonyl (C=O) groups is 2. The second kappa shape index (κ2) is 7.02. The van der Waals surface area contributed by atoms with E-state index in [1.165, 1.54) is 6.07 Å². The fourth-order valence-electron chi connectivity index (χ4n) is 1.51. The van der Waals surface area contributed by atoms with Gasteiger partial charge in [0.25, 0.3) is 0 Å². The number of hydrogen-bond donors (Lipinski definition) is 3. The van der Waals surface area contributed by atoms with Crippen LogP contribution in [0.5, 0.6) is 0 Å². The van der Waals surface area contributed by atoms with E-state index in [1.807, 2.05) is 0 Å². The fourth-order valence-corrected chi connectivity index (χ4v) is 2.84. The molecule has 0 aliphatic heterocycles. The first kappa shape index (κ1) is 16.1. The largest absolute Gasteiger partial charge is 0.478 e. The Balaban J connectivity index is 3.06. The Kier molecular flexibility index (Phi) is 5.96. The highest BCUT2D eigenvalue weighted by molar-refractivity contribution is 9.11. The average molecular weight is 394 g/mol. The molecule has 1 aromatic carbocycles. The van der Waals surface area contributed by atoms with Gasteiger partial charge in [-0.05, 0) is 35.1 Å². The van der Waals surface area contributed by atoms with Crippen LogP contribution in [0.15, 0.2) is 21.1 Å². The fraction of sp³-hybridized carbons (Fsp3) is 0.333. The Morgan fingerprint density at radius 3 is 2.53 bits per heavy atom. The minimum atomic E-state index is -1.10. The molecule has 104 valence electrons. The average Bonchev–Trinajstić information content (AvgIpc) is 2.32. The minimum Gasteiger partial charge on any atom is -0.478 e. The molecule has 0 saturated carbocycles. The molecule has 0 saturated heterocycles. The molecule has 0 aliphatic rings. The Hall–Kier alpha value is -0.920. The van der Waals surface area contributed by atoms with E-state index in [9.17, 15) is 9.59 Å². The number of carboxylic acid groups (broad SMARTS) is 1. The van der Waals surface area contributed by atoms with Gasteiger partial charge in [0.05, 0.1) is 11.3 Å². The highest BCUT2D eigenvalue weighted by atomic mass is 79.9. The lowest BCUT2D eigenvalue weighted by atomic mass is 10.1. The standard InChI is InChI=1S/C12H14Br2N2O3/c1-6(5-15-2)11(17)16-10-8(12(18)19)3-7(13)4-9(10)14/h3-4,6,15H,5H2,1-2H3,(H,16,17)(H,18,19). The number of benzene rings is 1. The first-order valence-corrected chi connectivity index (χ1v) is 7.13. The summed E-state index contributed by atoms with van der Waals surface area (Å²) in [7, 11) is 1.75. The summed E-state index contributed by atoms with van der Waals surface area (Å²) in [6.45, 7) is 2.28. The van der Waals surface area contributed by atoms with E-state index >= 15 is 0 Å². The van der Waals surface area contributed by atoms with Crippen molar-refractivity contribution in [2.45, 2.75) is 6.92 Å². The van der Waals surface area contributed by atoms with Crippen LogP contribution in [0.3, 0.4) is 0 Å². The Labute approximate surface area is 128 Å². The summed E-state index contributed by atoms with van der Waals surface area (Å²) in [6, 6.07) is 3.14. The lowest BCUT2D eigenvalue weighted by Crippen LogP contribution is -2.29. The van der Waals surface area contributed by atoms with Gasteiger partial charge < -0.3 is 15.7 Å². The third-order valence-corrected chi connectivity index (χ3v) is 3.57. The van der Waals surface area contributed by atoms with Crippen molar-refractivity contribution < 1.29 is 14.7 Å². The molecule has 0 aliphatic carbocycles. The first-order valence-electron chi connectivity index (χ1n) is 5.54. The topological polar surface area (TPSA) is 78.4 Å². The predicted molar refractivity (Wildman–Crippen MR) is 80.5 cm³/mol. The van der Waals surface area contributed by atoms with Crippen LogP contribution in [0.2, 0.25) is 0 Å². The van der Waals surface area contributed by atoms with Crippen LogP contribution in [-0.2, 0) is 4.79 Å². The number of carboxylic acids is 1. The van der Waals surface area contributed by atoms with Gasteiger partial charge in [-0.2, -0.15) is 0 Å². The molecule has 0 heterocycles. The van der Waals surface area contributed by atoms with Crippen LogP contribution in [-0.4, -0.2) is 30.6 Å². The maximum Gasteiger partial charge on any atom is 0.337 e. The van der Waals surface area contributed by atoms with E-state index in [0.29, 0.717) is 15.5 Å². The van der Waals surface area contributed by atoms with Crippen LogP contribution in [0.1, 0.15) is 17.3 Å². The first-order chi connectivity index (χ1) is 8.86. The smallest absolute Gasteiger partial charge is 0.337 e. The molecule has 0 radical (unpaired) electrons. The van der Waals surface area contributed by atoms with Crippen LogP contribution in [0, 0.1) is 5.92 Å². The molecule has 0 bridgehead atoms. The molecule has 0 aromatic heterocycles. The van der Waals surface area contributed by atoms with E-state index in [2.05, 4.69) is 42.5 Å². The quantitative estimate of drug-likeness (QED) is 0.718. The van der Waals surface area contributed by atoms with Gasteiger partial charge in [-0.25, -0.2) is 4.79 Å². The monoisotopic (exact) mass is 392 g/mol. The summed E-state index contributed by atoms with van der Waals surface area (Å²) < 4.78 is 1.14. The summed E-state index contributed by atoms with van der Waals surface area (Å²) in [5.41, 5.74) is 0.301. The van der Waals surface area contributed by atoms with Gasteiger partial charge in [-0.3, -0.25) is 4.79 Å². The highest BCUT2D eigenvalue weighted by Gasteiger charge is 2.19. The SMILES string of the molecule is CNCC(C)C(=O)Nc1c(Br)cc(Br)cc1C(=O)O. The number of carbonyl (C=O) groups excluding carboxylic acids is 1. The number of halogens is 2. The van der Waals surface area contributed by atoms with Gasteiger partial charge in [0, 0.05) is 21.4 Å². The molecule has 0 spiro atoms. The van der Waals surface area contributed by atoms with Crippen molar-refractivity contribution in [3.05, 3.63) is 26.6 Å². The Morgan fingerprint density at radius 1 is 1.37 bits per heavy atom. The maximum atomic E-state index is 11.9. The molecule has 1 rings (SSSR count). The van der Waals surface area contributed by atoms with Crippen molar-refractivity contribution in [3.8, 4) is 0 Å². The zero-order valence-electron chi connectivity index (χ0n) is 10.5. The third-order valence-electron chi connectivity index (χ3n) is 2.49. The maximum absolute atomic E-state index is 11.9. The second-order valence-corrected chi connectivity index (χ2v) is 5.83. The normalized spacial score (nSPS) is 12.0. The van der Waals surface area contributed by atoms with Crippen molar-refractivity contribution in [2.75, 3.05) is 18.9 Å². The Morgan fingerprint density at radius 2 is 2.00 bits per heavy atom. The van der Waals surface area contributed by atoms with Crippen molar-refractivity contribution >= 4 is 49.4 Å². The second-order valence-electron chi connectivity index (χ2n) is 4.06. The van der Waals surface area contributed by atoms with Gasteiger partial charge in [0.15, 0.2) is 0 Å². The summed E-state index contributed by atoms with van der Waals surface area (Å²) in [5.74, 6) is -1.60. The lowest BCUT2D eigenvalue weighted by molar-refractivity contribution is -0.119. The third kappa shape index (κ3) is 4.29. The van der Waals surface area contributed by atoms with E-state index < -0.39 is 5.97 Å². The van der Waals surface area contributed by atoms with E-state index in [4.69, 9.17) is 5.11 Å². The Bertz CT molecular complexity index is 506. The molecule has 1 atom stereocenters. The van der Waals surface area contributed by atoms with Crippen molar-refractivity contribution in [1.29, 1.82) is 0 Å². The molecule has 3 N–H and O–H groups in total. The molecule has 7 heteroatoms. The highest BCUT2D eigenvalue weighted by Crippen LogP contribution is 2.31. The molecule has 1 unspecified atom stereocenters. The van der Waals surface area contributed by atoms with Gasteiger partial charge in [0.2, 0.25) is 5.91 Å². The van der Waals surface area contributed by atoms with Gasteiger partial charge in [-0.1, -0.05) is 22.9 Å². The lowest BCUT2D eigenvalue weighted by Gasteiger charge is -2.15. The van der Waals surface area contributed by atoms with Crippen LogP contribution in [0.4, 0.5) is 5.69 Å². The zero-order chi connectivity index (χ0) is 14.6. The summed E-state index contributed by atoms with van der Waals surface area (Å²) >= 11 is 6.48. The number of rotatable bonds is 5. The van der Waals surface area contributed by atoms with Gasteiger partial charge in [-0.15, -0.1) is 0 Å². The van der Waals surface area contributed by atoms with Crippen molar-refractivity contribution in [3.63, 3.8) is 0 Å². The van der Waals surface area contributed by atoms with Crippen LogP contribution >= 0.6 is 31.9 Å². The van der Waals surface area contributed by atoms with Crippen LogP contribution in [0.25, 0.3) is 0 Å². The number of aromatic carboxylic acids is 1. The van der Waals surface area contributed by atoms with E-state index in [1.54, 1.807) is 20.0 Å². The van der Waals surface area contributed by atoms with Gasteiger partial charge >= 0.3 is 5.97 Å². The molecule has 0 fully saturated rings. The molecule has 5 nitrogen and oxygen atoms in total. The van der Waals surface area contributed by atoms with E-state index in [-0.39, 0.29) is 23.1 Å². The zero-order valence-corrected chi connectivity index (χ0v) is 13.6. The summed E-state index contributed by atoms with van der Waals surface area (Å²) in [5, 5.41) is 14.7. The number of amides is 1. The molecular weight excluding hydrogens is 380 g/mol. The number of nitrogens with one attached hydrogen (secondary N) is 2. The molecular formula is C12H14Br2N2O3. The van der Waals surface area contributed by atoms with Crippen LogP contribution < -0.4 is 10.6 Å². The molecule has 1 amide bonds.